The van der Waals surface area contributed by atoms with Crippen molar-refractivity contribution in [3.63, 3.8) is 0 Å². The van der Waals surface area contributed by atoms with Crippen molar-refractivity contribution in [1.82, 2.24) is 4.72 Å². The topological polar surface area (TPSA) is 87.7 Å². The Morgan fingerprint density at radius 1 is 1.44 bits per heavy atom. The molecule has 98 valence electrons. The number of hydrogen-bond donors (Lipinski definition) is 3. The summed E-state index contributed by atoms with van der Waals surface area (Å²) in [5.41, 5.74) is 0.843. The molecule has 0 fully saturated rings. The number of rotatable bonds is 4. The number of hydrogen-bond acceptors (Lipinski definition) is 4. The summed E-state index contributed by atoms with van der Waals surface area (Å²) in [6.45, 7) is -0.260. The van der Waals surface area contributed by atoms with Gasteiger partial charge < -0.3 is 9.84 Å². The maximum absolute atomic E-state index is 11.4. The van der Waals surface area contributed by atoms with E-state index in [0.29, 0.717) is 11.3 Å². The molecule has 0 saturated heterocycles. The second-order valence-corrected chi connectivity index (χ2v) is 4.80. The van der Waals surface area contributed by atoms with E-state index >= 15 is 0 Å². The zero-order valence-corrected chi connectivity index (χ0v) is 10.8. The monoisotopic (exact) mass is 270 g/mol. The number of nitrogens with one attached hydrogen (secondary N) is 2. The summed E-state index contributed by atoms with van der Waals surface area (Å²) in [5.74, 6) is 5.54. The van der Waals surface area contributed by atoms with Gasteiger partial charge in [0.25, 0.3) is 10.2 Å². The second-order valence-electron chi connectivity index (χ2n) is 3.18. The standard InChI is InChI=1S/C11H14N2O4S/c1-12-18(15,16)13-10-8-9(4-3-7-14)5-6-11(10)17-2/h5-6,8,12-14H,7H2,1-2H3. The van der Waals surface area contributed by atoms with Crippen LogP contribution in [0.1, 0.15) is 5.56 Å². The van der Waals surface area contributed by atoms with Crippen molar-refractivity contribution in [3.05, 3.63) is 23.8 Å². The molecule has 6 nitrogen and oxygen atoms in total. The summed E-state index contributed by atoms with van der Waals surface area (Å²) in [5, 5.41) is 8.60. The third kappa shape index (κ3) is 3.92. The molecule has 1 rings (SSSR count). The molecule has 18 heavy (non-hydrogen) atoms. The fourth-order valence-electron chi connectivity index (χ4n) is 1.20. The minimum Gasteiger partial charge on any atom is -0.495 e. The summed E-state index contributed by atoms with van der Waals surface area (Å²) in [4.78, 5) is 0. The number of aliphatic hydroxyl groups is 1. The predicted molar refractivity (Wildman–Crippen MR) is 68.6 cm³/mol. The smallest absolute Gasteiger partial charge is 0.298 e. The van der Waals surface area contributed by atoms with Crippen LogP contribution >= 0.6 is 0 Å². The third-order valence-electron chi connectivity index (χ3n) is 2.02. The van der Waals surface area contributed by atoms with E-state index in [1.165, 1.54) is 20.2 Å². The van der Waals surface area contributed by atoms with Gasteiger partial charge in [0.1, 0.15) is 12.4 Å². The number of ether oxygens (including phenoxy) is 1. The van der Waals surface area contributed by atoms with Crippen LogP contribution in [0.15, 0.2) is 18.2 Å². The molecule has 0 radical (unpaired) electrons. The Bertz CT molecular complexity index is 572. The summed E-state index contributed by atoms with van der Waals surface area (Å²) in [6, 6.07) is 4.78. The lowest BCUT2D eigenvalue weighted by Crippen LogP contribution is -2.26. The molecule has 0 spiro atoms. The first-order valence-electron chi connectivity index (χ1n) is 5.01. The van der Waals surface area contributed by atoms with Gasteiger partial charge in [-0.2, -0.15) is 8.42 Å². The molecule has 0 unspecified atom stereocenters. The van der Waals surface area contributed by atoms with Gasteiger partial charge in [0.05, 0.1) is 12.8 Å². The van der Waals surface area contributed by atoms with Crippen LogP contribution in [0.2, 0.25) is 0 Å². The normalized spacial score (nSPS) is 10.4. The van der Waals surface area contributed by atoms with E-state index in [-0.39, 0.29) is 12.3 Å². The molecule has 0 heterocycles. The quantitative estimate of drug-likeness (QED) is 0.668. The Morgan fingerprint density at radius 2 is 2.17 bits per heavy atom. The Labute approximate surface area is 106 Å². The molecule has 0 bridgehead atoms. The molecule has 0 aliphatic carbocycles. The van der Waals surface area contributed by atoms with E-state index in [1.54, 1.807) is 12.1 Å². The summed E-state index contributed by atoms with van der Waals surface area (Å²) in [7, 11) is -0.888. The van der Waals surface area contributed by atoms with Crippen LogP contribution in [0.25, 0.3) is 0 Å². The molecule has 1 aromatic rings. The highest BCUT2D eigenvalue weighted by Gasteiger charge is 2.11. The van der Waals surface area contributed by atoms with Crippen molar-refractivity contribution < 1.29 is 18.3 Å². The molecule has 3 N–H and O–H groups in total. The van der Waals surface area contributed by atoms with Gasteiger partial charge in [0.2, 0.25) is 0 Å². The van der Waals surface area contributed by atoms with Gasteiger partial charge in [-0.3, -0.25) is 4.72 Å². The van der Waals surface area contributed by atoms with Crippen molar-refractivity contribution in [3.8, 4) is 17.6 Å². The van der Waals surface area contributed by atoms with Gasteiger partial charge in [0, 0.05) is 12.6 Å². The minimum atomic E-state index is -3.62. The fraction of sp³-hybridized carbons (Fsp3) is 0.273. The Balaban J connectivity index is 3.14. The van der Waals surface area contributed by atoms with Gasteiger partial charge in [-0.1, -0.05) is 11.8 Å². The first-order chi connectivity index (χ1) is 8.52. The molecule has 0 amide bonds. The van der Waals surface area contributed by atoms with Gasteiger partial charge in [-0.05, 0) is 18.2 Å². The maximum Gasteiger partial charge on any atom is 0.298 e. The largest absolute Gasteiger partial charge is 0.495 e. The van der Waals surface area contributed by atoms with E-state index in [9.17, 15) is 8.42 Å². The first-order valence-corrected chi connectivity index (χ1v) is 6.49. The van der Waals surface area contributed by atoms with E-state index in [1.807, 2.05) is 0 Å². The highest BCUT2D eigenvalue weighted by molar-refractivity contribution is 7.90. The highest BCUT2D eigenvalue weighted by Crippen LogP contribution is 2.25. The molecular weight excluding hydrogens is 256 g/mol. The second kappa shape index (κ2) is 6.26. The van der Waals surface area contributed by atoms with E-state index in [4.69, 9.17) is 9.84 Å². The molecule has 0 atom stereocenters. The minimum absolute atomic E-state index is 0.260. The predicted octanol–water partition coefficient (Wildman–Crippen LogP) is -0.0849. The van der Waals surface area contributed by atoms with E-state index in [2.05, 4.69) is 21.3 Å². The van der Waals surface area contributed by atoms with Crippen LogP contribution in [0, 0.1) is 11.8 Å². The average Bonchev–Trinajstić information content (AvgIpc) is 2.36. The highest BCUT2D eigenvalue weighted by atomic mass is 32.2. The Kier molecular flexibility index (Phi) is 4.97. The zero-order chi connectivity index (χ0) is 13.6. The van der Waals surface area contributed by atoms with Crippen molar-refractivity contribution in [2.45, 2.75) is 0 Å². The van der Waals surface area contributed by atoms with Crippen molar-refractivity contribution in [2.75, 3.05) is 25.5 Å². The lowest BCUT2D eigenvalue weighted by molar-refractivity contribution is 0.350. The number of anilines is 1. The first kappa shape index (κ1) is 14.3. The summed E-state index contributed by atoms with van der Waals surface area (Å²) < 4.78 is 32.3. The Hall–Kier alpha value is -1.75. The average molecular weight is 270 g/mol. The molecule has 0 aliphatic rings. The summed E-state index contributed by atoms with van der Waals surface area (Å²) in [6.07, 6.45) is 0. The molecule has 7 heteroatoms. The fourth-order valence-corrected chi connectivity index (χ4v) is 1.75. The van der Waals surface area contributed by atoms with Crippen molar-refractivity contribution in [2.24, 2.45) is 0 Å². The third-order valence-corrected chi connectivity index (χ3v) is 3.05. The van der Waals surface area contributed by atoms with Crippen LogP contribution in [0.5, 0.6) is 5.75 Å². The summed E-state index contributed by atoms with van der Waals surface area (Å²) >= 11 is 0. The van der Waals surface area contributed by atoms with Gasteiger partial charge >= 0.3 is 0 Å². The van der Waals surface area contributed by atoms with Crippen molar-refractivity contribution >= 4 is 15.9 Å². The van der Waals surface area contributed by atoms with Gasteiger partial charge in [-0.25, -0.2) is 4.72 Å². The molecular formula is C11H14N2O4S. The lowest BCUT2D eigenvalue weighted by Gasteiger charge is -2.11. The van der Waals surface area contributed by atoms with Gasteiger partial charge in [0.15, 0.2) is 0 Å². The molecule has 0 aliphatic heterocycles. The maximum atomic E-state index is 11.4. The van der Waals surface area contributed by atoms with Crippen molar-refractivity contribution in [1.29, 1.82) is 0 Å². The van der Waals surface area contributed by atoms with E-state index in [0.717, 1.165) is 0 Å². The zero-order valence-electron chi connectivity index (χ0n) is 10.0. The number of benzene rings is 1. The number of aliphatic hydroxyl groups excluding tert-OH is 1. The molecule has 0 saturated carbocycles. The van der Waals surface area contributed by atoms with Crippen LogP contribution in [0.4, 0.5) is 5.69 Å². The Morgan fingerprint density at radius 3 is 2.72 bits per heavy atom. The number of methoxy groups -OCH3 is 1. The van der Waals surface area contributed by atoms with Gasteiger partial charge in [-0.15, -0.1) is 0 Å². The molecule has 0 aromatic heterocycles. The lowest BCUT2D eigenvalue weighted by atomic mass is 10.2. The van der Waals surface area contributed by atoms with Crippen LogP contribution in [-0.4, -0.2) is 34.3 Å². The van der Waals surface area contributed by atoms with Crippen LogP contribution < -0.4 is 14.2 Å². The SMILES string of the molecule is CNS(=O)(=O)Nc1cc(C#CCO)ccc1OC. The van der Waals surface area contributed by atoms with Crippen LogP contribution in [0.3, 0.4) is 0 Å². The van der Waals surface area contributed by atoms with Crippen LogP contribution in [-0.2, 0) is 10.2 Å². The molecule has 1 aromatic carbocycles. The van der Waals surface area contributed by atoms with E-state index < -0.39 is 10.2 Å².